The Labute approximate surface area is 302 Å². The molecule has 6 rings (SSSR count). The second kappa shape index (κ2) is 16.5. The third-order valence-electron chi connectivity index (χ3n) is 8.18. The molecule has 0 heterocycles. The summed E-state index contributed by atoms with van der Waals surface area (Å²) >= 11 is 1.39. The number of nitrogens with one attached hydrogen (secondary N) is 3. The molecule has 0 radical (unpaired) electrons. The Bertz CT molecular complexity index is 2170. The number of hydrogen-bond donors (Lipinski definition) is 3. The quantitative estimate of drug-likeness (QED) is 0.0935. The molecule has 7 heteroatoms. The number of carbonyl (C=O) groups excluding carboxylic acids is 3. The zero-order valence-electron chi connectivity index (χ0n) is 28.3. The summed E-state index contributed by atoms with van der Waals surface area (Å²) < 4.78 is 0. The first kappa shape index (κ1) is 34.7. The van der Waals surface area contributed by atoms with Gasteiger partial charge in [0.2, 0.25) is 5.91 Å². The Kier molecular flexibility index (Phi) is 11.2. The molecule has 6 nitrogen and oxygen atoms in total. The van der Waals surface area contributed by atoms with Crippen LogP contribution in [0.25, 0.3) is 17.2 Å². The largest absolute Gasteiger partial charge is 0.325 e. The third-order valence-corrected chi connectivity index (χ3v) is 9.43. The van der Waals surface area contributed by atoms with Crippen molar-refractivity contribution in [1.29, 1.82) is 0 Å². The lowest BCUT2D eigenvalue weighted by atomic mass is 10.0. The smallest absolute Gasteiger partial charge is 0.272 e. The van der Waals surface area contributed by atoms with E-state index in [4.69, 9.17) is 0 Å². The molecule has 51 heavy (non-hydrogen) atoms. The molecule has 0 aliphatic heterocycles. The van der Waals surface area contributed by atoms with E-state index >= 15 is 0 Å². The van der Waals surface area contributed by atoms with E-state index in [2.05, 4.69) is 16.0 Å². The van der Waals surface area contributed by atoms with E-state index in [-0.39, 0.29) is 11.6 Å². The van der Waals surface area contributed by atoms with Crippen LogP contribution in [0.5, 0.6) is 0 Å². The average molecular weight is 688 g/mol. The van der Waals surface area contributed by atoms with Crippen molar-refractivity contribution in [3.63, 3.8) is 0 Å². The van der Waals surface area contributed by atoms with Gasteiger partial charge >= 0.3 is 0 Å². The van der Waals surface area contributed by atoms with Gasteiger partial charge in [-0.05, 0) is 84.1 Å². The average Bonchev–Trinajstić information content (AvgIpc) is 3.16. The molecular weight excluding hydrogens is 651 g/mol. The van der Waals surface area contributed by atoms with Gasteiger partial charge in [0.25, 0.3) is 11.8 Å². The number of hydrogen-bond acceptors (Lipinski definition) is 4. The number of benzene rings is 6. The summed E-state index contributed by atoms with van der Waals surface area (Å²) in [5.74, 6) is -1.04. The van der Waals surface area contributed by atoms with Gasteiger partial charge in [0.05, 0.1) is 0 Å². The van der Waals surface area contributed by atoms with Crippen molar-refractivity contribution >= 4 is 46.9 Å². The topological polar surface area (TPSA) is 87.3 Å². The van der Waals surface area contributed by atoms with Crippen LogP contribution in [0, 0.1) is 13.8 Å². The van der Waals surface area contributed by atoms with Gasteiger partial charge in [-0.3, -0.25) is 14.4 Å². The summed E-state index contributed by atoms with van der Waals surface area (Å²) in [5.41, 5.74) is 7.63. The maximum atomic E-state index is 13.8. The van der Waals surface area contributed by atoms with Crippen LogP contribution in [0.2, 0.25) is 0 Å². The highest BCUT2D eigenvalue weighted by molar-refractivity contribution is 8.00. The van der Waals surface area contributed by atoms with Crippen LogP contribution in [0.3, 0.4) is 0 Å². The fourth-order valence-corrected chi connectivity index (χ4v) is 6.63. The summed E-state index contributed by atoms with van der Waals surface area (Å²) in [4.78, 5) is 41.6. The molecule has 252 valence electrons. The molecule has 0 spiro atoms. The van der Waals surface area contributed by atoms with Crippen molar-refractivity contribution in [1.82, 2.24) is 5.32 Å². The summed E-state index contributed by atoms with van der Waals surface area (Å²) in [6.07, 6.45) is 1.66. The molecule has 0 fully saturated rings. The van der Waals surface area contributed by atoms with E-state index in [0.29, 0.717) is 11.3 Å². The van der Waals surface area contributed by atoms with Gasteiger partial charge in [-0.25, -0.2) is 0 Å². The second-order valence-electron chi connectivity index (χ2n) is 12.1. The van der Waals surface area contributed by atoms with Crippen molar-refractivity contribution in [2.24, 2.45) is 0 Å². The van der Waals surface area contributed by atoms with Crippen molar-refractivity contribution in [3.8, 4) is 11.1 Å². The maximum absolute atomic E-state index is 13.8. The normalized spacial score (nSPS) is 11.7. The Morgan fingerprint density at radius 3 is 1.96 bits per heavy atom. The summed E-state index contributed by atoms with van der Waals surface area (Å²) in [6.45, 7) is 4.00. The minimum absolute atomic E-state index is 0.0874. The van der Waals surface area contributed by atoms with E-state index in [0.717, 1.165) is 44.0 Å². The minimum Gasteiger partial charge on any atom is -0.325 e. The zero-order chi connectivity index (χ0) is 35.6. The van der Waals surface area contributed by atoms with E-state index in [9.17, 15) is 14.4 Å². The van der Waals surface area contributed by atoms with Crippen molar-refractivity contribution < 1.29 is 14.4 Å². The molecule has 3 N–H and O–H groups in total. The van der Waals surface area contributed by atoms with Crippen LogP contribution in [0.1, 0.15) is 37.9 Å². The van der Waals surface area contributed by atoms with E-state index < -0.39 is 17.1 Å². The van der Waals surface area contributed by atoms with Gasteiger partial charge < -0.3 is 16.0 Å². The van der Waals surface area contributed by atoms with E-state index in [1.165, 1.54) is 11.8 Å². The molecule has 0 aromatic heterocycles. The fraction of sp³-hybridized carbons (Fsp3) is 0.0682. The highest BCUT2D eigenvalue weighted by atomic mass is 32.2. The van der Waals surface area contributed by atoms with Crippen LogP contribution >= 0.6 is 11.8 Å². The van der Waals surface area contributed by atoms with Gasteiger partial charge in [0, 0.05) is 21.8 Å². The molecule has 0 saturated carbocycles. The fourth-order valence-electron chi connectivity index (χ4n) is 5.55. The first-order valence-corrected chi connectivity index (χ1v) is 17.4. The maximum Gasteiger partial charge on any atom is 0.272 e. The van der Waals surface area contributed by atoms with E-state index in [1.807, 2.05) is 141 Å². The molecular formula is C44H37N3O3S. The van der Waals surface area contributed by atoms with Crippen LogP contribution in [-0.4, -0.2) is 17.7 Å². The highest BCUT2D eigenvalue weighted by Crippen LogP contribution is 2.37. The van der Waals surface area contributed by atoms with Crippen molar-refractivity contribution in [2.45, 2.75) is 24.0 Å². The van der Waals surface area contributed by atoms with Gasteiger partial charge in [-0.15, -0.1) is 11.8 Å². The Balaban J connectivity index is 1.24. The predicted molar refractivity (Wildman–Crippen MR) is 208 cm³/mol. The van der Waals surface area contributed by atoms with Crippen LogP contribution in [-0.2, 0) is 9.59 Å². The number of amides is 3. The Morgan fingerprint density at radius 2 is 1.27 bits per heavy atom. The lowest BCUT2D eigenvalue weighted by molar-refractivity contribution is -0.116. The second-order valence-corrected chi connectivity index (χ2v) is 13.2. The van der Waals surface area contributed by atoms with Crippen LogP contribution in [0.4, 0.5) is 11.4 Å². The molecule has 0 aliphatic carbocycles. The number of carbonyl (C=O) groups is 3. The van der Waals surface area contributed by atoms with Crippen LogP contribution in [0.15, 0.2) is 168 Å². The number of rotatable bonds is 11. The van der Waals surface area contributed by atoms with Crippen LogP contribution < -0.4 is 16.0 Å². The lowest BCUT2D eigenvalue weighted by Crippen LogP contribution is -2.30. The molecule has 1 atom stereocenters. The summed E-state index contributed by atoms with van der Waals surface area (Å²) in [6, 6.07) is 49.5. The van der Waals surface area contributed by atoms with Gasteiger partial charge in [-0.1, -0.05) is 127 Å². The van der Waals surface area contributed by atoms with Crippen molar-refractivity contribution in [2.75, 3.05) is 10.6 Å². The van der Waals surface area contributed by atoms with Gasteiger partial charge in [0.1, 0.15) is 10.9 Å². The SMILES string of the molecule is Cc1ccc(NC(=O)C(Sc2cccc(NC(=O)/C(=C\c3ccc(-c4ccccc4)cc3)NC(=O)c3ccccc3)c2)c2ccccc2)c(C)c1. The molecule has 3 amide bonds. The third kappa shape index (κ3) is 9.29. The molecule has 6 aromatic rings. The van der Waals surface area contributed by atoms with E-state index in [1.54, 1.807) is 36.4 Å². The zero-order valence-corrected chi connectivity index (χ0v) is 29.1. The molecule has 0 bridgehead atoms. The number of aryl methyl sites for hydroxylation is 2. The van der Waals surface area contributed by atoms with Gasteiger partial charge in [-0.2, -0.15) is 0 Å². The molecule has 6 aromatic carbocycles. The minimum atomic E-state index is -0.558. The lowest BCUT2D eigenvalue weighted by Gasteiger charge is -2.19. The number of thioether (sulfide) groups is 1. The summed E-state index contributed by atoms with van der Waals surface area (Å²) in [5, 5.41) is 8.32. The monoisotopic (exact) mass is 687 g/mol. The molecule has 1 unspecified atom stereocenters. The highest BCUT2D eigenvalue weighted by Gasteiger charge is 2.23. The predicted octanol–water partition coefficient (Wildman–Crippen LogP) is 9.85. The Morgan fingerprint density at radius 1 is 0.627 bits per heavy atom. The first-order valence-electron chi connectivity index (χ1n) is 16.6. The van der Waals surface area contributed by atoms with Gasteiger partial charge in [0.15, 0.2) is 0 Å². The molecule has 0 saturated heterocycles. The first-order chi connectivity index (χ1) is 24.8. The Hall–Kier alpha value is -6.18. The van der Waals surface area contributed by atoms with Crippen molar-refractivity contribution in [3.05, 3.63) is 191 Å². The summed E-state index contributed by atoms with van der Waals surface area (Å²) in [7, 11) is 0. The standard InChI is InChI=1S/C44H37N3O3S/c1-30-21-26-39(31(2)27-30)46-44(50)41(35-15-8-4-9-16-35)51-38-20-12-19-37(29-38)45-43(49)40(47-42(48)36-17-10-5-11-18-36)28-32-22-24-34(25-23-32)33-13-6-3-7-14-33/h3-29,41H,1-2H3,(H,45,49)(H,46,50)(H,47,48)/b40-28+. The molecule has 0 aliphatic rings. The number of anilines is 2.